The Hall–Kier alpha value is -3.35. The zero-order valence-corrected chi connectivity index (χ0v) is 13.3. The molecule has 2 N–H and O–H groups in total. The number of benzene rings is 1. The molecule has 7 heteroatoms. The molecule has 6 nitrogen and oxygen atoms in total. The number of aromatic nitrogens is 3. The predicted molar refractivity (Wildman–Crippen MR) is 92.3 cm³/mol. The first-order valence-corrected chi connectivity index (χ1v) is 7.71. The van der Waals surface area contributed by atoms with Crippen molar-refractivity contribution < 1.29 is 9.18 Å². The van der Waals surface area contributed by atoms with Gasteiger partial charge >= 0.3 is 0 Å². The molecule has 2 aromatic heterocycles. The van der Waals surface area contributed by atoms with Gasteiger partial charge in [0.2, 0.25) is 5.91 Å². The van der Waals surface area contributed by atoms with Crippen molar-refractivity contribution in [2.45, 2.75) is 13.0 Å². The number of anilines is 2. The first kappa shape index (κ1) is 16.5. The highest BCUT2D eigenvalue weighted by atomic mass is 19.1. The van der Waals surface area contributed by atoms with Crippen molar-refractivity contribution in [1.82, 2.24) is 15.2 Å². The molecule has 1 aromatic carbocycles. The van der Waals surface area contributed by atoms with Gasteiger partial charge in [-0.25, -0.2) is 4.39 Å². The number of hydrogen-bond acceptors (Lipinski definition) is 5. The highest BCUT2D eigenvalue weighted by molar-refractivity contribution is 5.91. The van der Waals surface area contributed by atoms with Gasteiger partial charge in [-0.3, -0.25) is 9.78 Å². The van der Waals surface area contributed by atoms with Crippen molar-refractivity contribution in [2.24, 2.45) is 0 Å². The van der Waals surface area contributed by atoms with Gasteiger partial charge in [-0.1, -0.05) is 18.2 Å². The maximum Gasteiger partial charge on any atom is 0.229 e. The lowest BCUT2D eigenvalue weighted by Gasteiger charge is -2.06. The van der Waals surface area contributed by atoms with Gasteiger partial charge < -0.3 is 10.6 Å². The molecule has 0 aliphatic carbocycles. The van der Waals surface area contributed by atoms with Crippen LogP contribution in [0.15, 0.2) is 60.8 Å². The second kappa shape index (κ2) is 7.96. The van der Waals surface area contributed by atoms with E-state index >= 15 is 0 Å². The fourth-order valence-corrected chi connectivity index (χ4v) is 2.20. The molecule has 25 heavy (non-hydrogen) atoms. The zero-order chi connectivity index (χ0) is 17.5. The molecule has 0 aliphatic rings. The first-order valence-electron chi connectivity index (χ1n) is 7.71. The van der Waals surface area contributed by atoms with Gasteiger partial charge in [0, 0.05) is 6.20 Å². The maximum absolute atomic E-state index is 13.1. The molecule has 126 valence electrons. The number of rotatable bonds is 6. The van der Waals surface area contributed by atoms with Crippen LogP contribution in [0.4, 0.5) is 16.0 Å². The molecular formula is C18H16FN5O. The van der Waals surface area contributed by atoms with Crippen molar-refractivity contribution in [1.29, 1.82) is 0 Å². The van der Waals surface area contributed by atoms with Crippen LogP contribution in [0, 0.1) is 5.82 Å². The van der Waals surface area contributed by atoms with Crippen molar-refractivity contribution >= 4 is 17.5 Å². The summed E-state index contributed by atoms with van der Waals surface area (Å²) in [6.07, 6.45) is 1.79. The van der Waals surface area contributed by atoms with E-state index < -0.39 is 0 Å². The maximum atomic E-state index is 13.1. The molecule has 2 heterocycles. The van der Waals surface area contributed by atoms with Gasteiger partial charge in [-0.15, -0.1) is 10.2 Å². The average molecular weight is 337 g/mol. The minimum absolute atomic E-state index is 0.0686. The molecule has 0 spiro atoms. The van der Waals surface area contributed by atoms with E-state index in [0.29, 0.717) is 23.7 Å². The number of halogens is 1. The molecule has 0 bridgehead atoms. The topological polar surface area (TPSA) is 79.8 Å². The van der Waals surface area contributed by atoms with E-state index in [1.807, 2.05) is 18.2 Å². The molecular weight excluding hydrogens is 321 g/mol. The number of nitrogens with one attached hydrogen (secondary N) is 2. The van der Waals surface area contributed by atoms with Crippen molar-refractivity contribution in [2.75, 3.05) is 10.6 Å². The number of pyridine rings is 1. The van der Waals surface area contributed by atoms with Crippen LogP contribution in [-0.2, 0) is 17.8 Å². The number of carbonyl (C=O) groups excluding carboxylic acids is 1. The molecule has 0 saturated heterocycles. The Morgan fingerprint density at radius 1 is 1.00 bits per heavy atom. The van der Waals surface area contributed by atoms with E-state index in [0.717, 1.165) is 5.69 Å². The predicted octanol–water partition coefficient (Wildman–Crippen LogP) is 2.80. The molecule has 3 rings (SSSR count). The van der Waals surface area contributed by atoms with Crippen LogP contribution in [0.25, 0.3) is 0 Å². The standard InChI is InChI=1S/C18H16FN5O/c19-14-5-3-4-13(10-14)11-18(25)22-17-8-7-16(23-24-17)21-12-15-6-1-2-9-20-15/h1-10H,11-12H2,(H,21,23)(H,22,24,25). The van der Waals surface area contributed by atoms with Gasteiger partial charge in [-0.05, 0) is 42.0 Å². The molecule has 1 amide bonds. The summed E-state index contributed by atoms with van der Waals surface area (Å²) in [6.45, 7) is 0.529. The van der Waals surface area contributed by atoms with E-state index in [2.05, 4.69) is 25.8 Å². The summed E-state index contributed by atoms with van der Waals surface area (Å²) in [5.41, 5.74) is 1.48. The summed E-state index contributed by atoms with van der Waals surface area (Å²) in [5.74, 6) is 0.265. The van der Waals surface area contributed by atoms with Gasteiger partial charge in [0.05, 0.1) is 18.7 Å². The Kier molecular flexibility index (Phi) is 5.26. The lowest BCUT2D eigenvalue weighted by atomic mass is 10.1. The van der Waals surface area contributed by atoms with Gasteiger partial charge in [0.15, 0.2) is 5.82 Å². The number of carbonyl (C=O) groups is 1. The van der Waals surface area contributed by atoms with Gasteiger partial charge in [0.1, 0.15) is 11.6 Å². The summed E-state index contributed by atoms with van der Waals surface area (Å²) in [6, 6.07) is 15.0. The van der Waals surface area contributed by atoms with Crippen LogP contribution < -0.4 is 10.6 Å². The lowest BCUT2D eigenvalue weighted by molar-refractivity contribution is -0.115. The van der Waals surface area contributed by atoms with Crippen LogP contribution in [0.5, 0.6) is 0 Å². The summed E-state index contributed by atoms with van der Waals surface area (Å²) >= 11 is 0. The first-order chi connectivity index (χ1) is 12.2. The van der Waals surface area contributed by atoms with Crippen LogP contribution in [-0.4, -0.2) is 21.1 Å². The lowest BCUT2D eigenvalue weighted by Crippen LogP contribution is -2.16. The minimum Gasteiger partial charge on any atom is -0.363 e. The molecule has 0 atom stereocenters. The summed E-state index contributed by atoms with van der Waals surface area (Å²) in [4.78, 5) is 16.2. The quantitative estimate of drug-likeness (QED) is 0.723. The van der Waals surface area contributed by atoms with Crippen molar-refractivity contribution in [3.05, 3.63) is 77.9 Å². The largest absolute Gasteiger partial charge is 0.363 e. The monoisotopic (exact) mass is 337 g/mol. The third-order valence-corrected chi connectivity index (χ3v) is 3.36. The van der Waals surface area contributed by atoms with E-state index in [1.54, 1.807) is 30.5 Å². The van der Waals surface area contributed by atoms with Gasteiger partial charge in [0.25, 0.3) is 0 Å². The molecule has 3 aromatic rings. The van der Waals surface area contributed by atoms with Crippen LogP contribution in [0.1, 0.15) is 11.3 Å². The van der Waals surface area contributed by atoms with E-state index in [4.69, 9.17) is 0 Å². The fraction of sp³-hybridized carbons (Fsp3) is 0.111. The molecule has 0 fully saturated rings. The van der Waals surface area contributed by atoms with Crippen LogP contribution in [0.3, 0.4) is 0 Å². The highest BCUT2D eigenvalue weighted by Crippen LogP contribution is 2.09. The Bertz CT molecular complexity index is 840. The number of amides is 1. The summed E-state index contributed by atoms with van der Waals surface area (Å²) in [5, 5.41) is 13.7. The SMILES string of the molecule is O=C(Cc1cccc(F)c1)Nc1ccc(NCc2ccccn2)nn1. The molecule has 0 unspecified atom stereocenters. The Labute approximate surface area is 144 Å². The van der Waals surface area contributed by atoms with Gasteiger partial charge in [-0.2, -0.15) is 0 Å². The van der Waals surface area contributed by atoms with Crippen LogP contribution >= 0.6 is 0 Å². The van der Waals surface area contributed by atoms with E-state index in [9.17, 15) is 9.18 Å². The molecule has 0 aliphatic heterocycles. The fourth-order valence-electron chi connectivity index (χ4n) is 2.20. The normalized spacial score (nSPS) is 10.3. The van der Waals surface area contributed by atoms with E-state index in [-0.39, 0.29) is 18.1 Å². The highest BCUT2D eigenvalue weighted by Gasteiger charge is 2.06. The molecule has 0 radical (unpaired) electrons. The smallest absolute Gasteiger partial charge is 0.229 e. The summed E-state index contributed by atoms with van der Waals surface area (Å²) in [7, 11) is 0. The molecule has 0 saturated carbocycles. The second-order valence-corrected chi connectivity index (χ2v) is 5.33. The van der Waals surface area contributed by atoms with Crippen LogP contribution in [0.2, 0.25) is 0 Å². The number of hydrogen-bond donors (Lipinski definition) is 2. The average Bonchev–Trinajstić information content (AvgIpc) is 2.62. The van der Waals surface area contributed by atoms with Crippen molar-refractivity contribution in [3.8, 4) is 0 Å². The van der Waals surface area contributed by atoms with Crippen molar-refractivity contribution in [3.63, 3.8) is 0 Å². The zero-order valence-electron chi connectivity index (χ0n) is 13.3. The third kappa shape index (κ3) is 5.07. The summed E-state index contributed by atoms with van der Waals surface area (Å²) < 4.78 is 13.1. The second-order valence-electron chi connectivity index (χ2n) is 5.33. The van der Waals surface area contributed by atoms with E-state index in [1.165, 1.54) is 12.1 Å². The Morgan fingerprint density at radius 2 is 1.84 bits per heavy atom. The Morgan fingerprint density at radius 3 is 2.56 bits per heavy atom. The Balaban J connectivity index is 1.52. The third-order valence-electron chi connectivity index (χ3n) is 3.36. The minimum atomic E-state index is -0.367. The number of nitrogens with zero attached hydrogens (tertiary/aromatic N) is 3.